The van der Waals surface area contributed by atoms with Crippen molar-refractivity contribution < 1.29 is 14.6 Å². The van der Waals surface area contributed by atoms with E-state index in [4.69, 9.17) is 9.84 Å². The predicted octanol–water partition coefficient (Wildman–Crippen LogP) is 1.33. The van der Waals surface area contributed by atoms with Crippen molar-refractivity contribution in [2.45, 2.75) is 26.4 Å². The van der Waals surface area contributed by atoms with Crippen LogP contribution in [-0.2, 0) is 9.53 Å². The molecule has 72 valence electrons. The standard InChI is InChI=1S/C8H15BrO3/c1-6(2)5-12-8(11)3-7(10)4-9/h6-7,10H,3-5H2,1-2H3. The van der Waals surface area contributed by atoms with Crippen molar-refractivity contribution in [3.8, 4) is 0 Å². The van der Waals surface area contributed by atoms with E-state index < -0.39 is 6.10 Å². The molecule has 1 N–H and O–H groups in total. The summed E-state index contributed by atoms with van der Waals surface area (Å²) >= 11 is 3.07. The molecule has 12 heavy (non-hydrogen) atoms. The molecule has 0 aromatic heterocycles. The molecule has 0 fully saturated rings. The molecule has 0 spiro atoms. The van der Waals surface area contributed by atoms with Gasteiger partial charge in [0.25, 0.3) is 0 Å². The SMILES string of the molecule is CC(C)COC(=O)CC(O)CBr. The molecule has 0 radical (unpaired) electrons. The van der Waals surface area contributed by atoms with Crippen LogP contribution < -0.4 is 0 Å². The molecule has 0 saturated heterocycles. The zero-order valence-electron chi connectivity index (χ0n) is 7.42. The summed E-state index contributed by atoms with van der Waals surface area (Å²) in [5.74, 6) is 0.00529. The van der Waals surface area contributed by atoms with Gasteiger partial charge in [-0.15, -0.1) is 0 Å². The van der Waals surface area contributed by atoms with Crippen molar-refractivity contribution in [2.75, 3.05) is 11.9 Å². The maximum atomic E-state index is 10.9. The highest BCUT2D eigenvalue weighted by Gasteiger charge is 2.10. The van der Waals surface area contributed by atoms with Gasteiger partial charge >= 0.3 is 5.97 Å². The van der Waals surface area contributed by atoms with E-state index in [-0.39, 0.29) is 12.4 Å². The Balaban J connectivity index is 3.46. The summed E-state index contributed by atoms with van der Waals surface area (Å²) in [6, 6.07) is 0. The summed E-state index contributed by atoms with van der Waals surface area (Å²) in [4.78, 5) is 10.9. The van der Waals surface area contributed by atoms with E-state index >= 15 is 0 Å². The summed E-state index contributed by atoms with van der Waals surface area (Å²) in [6.07, 6.45) is -0.567. The lowest BCUT2D eigenvalue weighted by atomic mass is 10.2. The van der Waals surface area contributed by atoms with Crippen molar-refractivity contribution in [1.29, 1.82) is 0 Å². The summed E-state index contributed by atoms with van der Waals surface area (Å²) < 4.78 is 4.86. The Bertz CT molecular complexity index is 136. The topological polar surface area (TPSA) is 46.5 Å². The van der Waals surface area contributed by atoms with Crippen LogP contribution in [0, 0.1) is 5.92 Å². The number of carbonyl (C=O) groups is 1. The third-order valence-electron chi connectivity index (χ3n) is 1.16. The fourth-order valence-corrected chi connectivity index (χ4v) is 0.794. The van der Waals surface area contributed by atoms with E-state index in [0.29, 0.717) is 17.9 Å². The Morgan fingerprint density at radius 3 is 2.58 bits per heavy atom. The van der Waals surface area contributed by atoms with Crippen molar-refractivity contribution in [1.82, 2.24) is 0 Å². The lowest BCUT2D eigenvalue weighted by molar-refractivity contribution is -0.146. The van der Waals surface area contributed by atoms with Gasteiger partial charge in [0.2, 0.25) is 0 Å². The summed E-state index contributed by atoms with van der Waals surface area (Å²) in [7, 11) is 0. The van der Waals surface area contributed by atoms with Gasteiger partial charge in [-0.2, -0.15) is 0 Å². The number of aliphatic hydroxyl groups is 1. The molecule has 0 amide bonds. The second-order valence-electron chi connectivity index (χ2n) is 3.09. The van der Waals surface area contributed by atoms with E-state index in [2.05, 4.69) is 15.9 Å². The van der Waals surface area contributed by atoms with Crippen LogP contribution in [0.5, 0.6) is 0 Å². The molecule has 0 aromatic carbocycles. The minimum atomic E-state index is -0.635. The lowest BCUT2D eigenvalue weighted by Crippen LogP contribution is -2.18. The van der Waals surface area contributed by atoms with Crippen LogP contribution in [0.1, 0.15) is 20.3 Å². The number of hydrogen-bond acceptors (Lipinski definition) is 3. The molecule has 0 saturated carbocycles. The highest BCUT2D eigenvalue weighted by Crippen LogP contribution is 2.00. The Hall–Kier alpha value is -0.0900. The van der Waals surface area contributed by atoms with Crippen molar-refractivity contribution >= 4 is 21.9 Å². The van der Waals surface area contributed by atoms with Gasteiger partial charge in [0.1, 0.15) is 0 Å². The van der Waals surface area contributed by atoms with Crippen molar-refractivity contribution in [2.24, 2.45) is 5.92 Å². The minimum Gasteiger partial charge on any atom is -0.465 e. The number of rotatable bonds is 5. The maximum absolute atomic E-state index is 10.9. The zero-order chi connectivity index (χ0) is 9.56. The van der Waals surface area contributed by atoms with E-state index in [1.54, 1.807) is 0 Å². The first kappa shape index (κ1) is 11.9. The summed E-state index contributed by atoms with van der Waals surface area (Å²) in [5, 5.41) is 9.45. The van der Waals surface area contributed by atoms with Crippen LogP contribution in [0.25, 0.3) is 0 Å². The van der Waals surface area contributed by atoms with Gasteiger partial charge in [-0.3, -0.25) is 4.79 Å². The highest BCUT2D eigenvalue weighted by atomic mass is 79.9. The molecular weight excluding hydrogens is 224 g/mol. The number of alkyl halides is 1. The Morgan fingerprint density at radius 2 is 2.17 bits per heavy atom. The predicted molar refractivity (Wildman–Crippen MR) is 50.2 cm³/mol. The first-order valence-corrected chi connectivity index (χ1v) is 5.08. The molecule has 1 unspecified atom stereocenters. The number of hydrogen-bond donors (Lipinski definition) is 1. The zero-order valence-corrected chi connectivity index (χ0v) is 9.00. The van der Waals surface area contributed by atoms with Crippen molar-refractivity contribution in [3.63, 3.8) is 0 Å². The Labute approximate surface area is 81.2 Å². The second-order valence-corrected chi connectivity index (χ2v) is 3.74. The Kier molecular flexibility index (Phi) is 6.38. The van der Waals surface area contributed by atoms with Gasteiger partial charge in [0, 0.05) is 5.33 Å². The molecule has 0 aliphatic rings. The van der Waals surface area contributed by atoms with Crippen LogP contribution in [0.15, 0.2) is 0 Å². The minimum absolute atomic E-state index is 0.0674. The average Bonchev–Trinajstić information content (AvgIpc) is 2.00. The van der Waals surface area contributed by atoms with E-state index in [0.717, 1.165) is 0 Å². The molecule has 0 heterocycles. The van der Waals surface area contributed by atoms with Crippen LogP contribution in [-0.4, -0.2) is 29.1 Å². The second kappa shape index (κ2) is 6.43. The largest absolute Gasteiger partial charge is 0.465 e. The number of aliphatic hydroxyl groups excluding tert-OH is 1. The average molecular weight is 239 g/mol. The maximum Gasteiger partial charge on any atom is 0.308 e. The molecule has 0 aromatic rings. The summed E-state index contributed by atoms with van der Waals surface area (Å²) in [6.45, 7) is 4.36. The lowest BCUT2D eigenvalue weighted by Gasteiger charge is -2.08. The van der Waals surface area contributed by atoms with Gasteiger partial charge in [0.05, 0.1) is 19.1 Å². The number of carbonyl (C=O) groups excluding carboxylic acids is 1. The van der Waals surface area contributed by atoms with Crippen LogP contribution in [0.4, 0.5) is 0 Å². The quantitative estimate of drug-likeness (QED) is 0.581. The molecule has 3 nitrogen and oxygen atoms in total. The first-order valence-electron chi connectivity index (χ1n) is 3.96. The molecule has 0 bridgehead atoms. The van der Waals surface area contributed by atoms with Gasteiger partial charge < -0.3 is 9.84 Å². The third-order valence-corrected chi connectivity index (χ3v) is 1.91. The fourth-order valence-electron chi connectivity index (χ4n) is 0.565. The molecule has 0 aliphatic heterocycles. The number of ether oxygens (including phenoxy) is 1. The molecule has 0 aliphatic carbocycles. The number of halogens is 1. The van der Waals surface area contributed by atoms with Gasteiger partial charge in [-0.25, -0.2) is 0 Å². The van der Waals surface area contributed by atoms with E-state index in [9.17, 15) is 4.79 Å². The monoisotopic (exact) mass is 238 g/mol. The van der Waals surface area contributed by atoms with Crippen LogP contribution in [0.3, 0.4) is 0 Å². The molecule has 1 atom stereocenters. The van der Waals surface area contributed by atoms with E-state index in [1.165, 1.54) is 0 Å². The fraction of sp³-hybridized carbons (Fsp3) is 0.875. The number of esters is 1. The highest BCUT2D eigenvalue weighted by molar-refractivity contribution is 9.09. The van der Waals surface area contributed by atoms with Gasteiger partial charge in [-0.05, 0) is 5.92 Å². The van der Waals surface area contributed by atoms with Gasteiger partial charge in [0.15, 0.2) is 0 Å². The molecule has 4 heteroatoms. The van der Waals surface area contributed by atoms with Gasteiger partial charge in [-0.1, -0.05) is 29.8 Å². The van der Waals surface area contributed by atoms with E-state index in [1.807, 2.05) is 13.8 Å². The molecule has 0 rings (SSSR count). The first-order chi connectivity index (χ1) is 5.56. The van der Waals surface area contributed by atoms with Crippen LogP contribution >= 0.6 is 15.9 Å². The molecular formula is C8H15BrO3. The Morgan fingerprint density at radius 1 is 1.58 bits per heavy atom. The smallest absolute Gasteiger partial charge is 0.308 e. The summed E-state index contributed by atoms with van der Waals surface area (Å²) in [5.41, 5.74) is 0. The third kappa shape index (κ3) is 6.61. The van der Waals surface area contributed by atoms with Crippen LogP contribution in [0.2, 0.25) is 0 Å². The van der Waals surface area contributed by atoms with Crippen molar-refractivity contribution in [3.05, 3.63) is 0 Å². The normalized spacial score (nSPS) is 13.1.